The van der Waals surface area contributed by atoms with Gasteiger partial charge in [-0.15, -0.1) is 0 Å². The second-order valence-corrected chi connectivity index (χ2v) is 4.08. The van der Waals surface area contributed by atoms with Crippen molar-refractivity contribution < 1.29 is 9.53 Å². The molecule has 0 aromatic carbocycles. The van der Waals surface area contributed by atoms with E-state index in [1.165, 1.54) is 12.8 Å². The van der Waals surface area contributed by atoms with E-state index in [2.05, 4.69) is 6.92 Å². The molecule has 1 heterocycles. The first-order chi connectivity index (χ1) is 6.29. The fraction of sp³-hybridized carbons (Fsp3) is 0.727. The van der Waals surface area contributed by atoms with Crippen molar-refractivity contribution in [3.05, 3.63) is 11.8 Å². The highest BCUT2D eigenvalue weighted by atomic mass is 16.5. The van der Waals surface area contributed by atoms with Crippen LogP contribution in [0.25, 0.3) is 0 Å². The van der Waals surface area contributed by atoms with Crippen LogP contribution in [0.1, 0.15) is 32.6 Å². The van der Waals surface area contributed by atoms with Crippen LogP contribution in [0.5, 0.6) is 0 Å². The Hall–Kier alpha value is -0.790. The number of carbonyl (C=O) groups is 1. The van der Waals surface area contributed by atoms with Crippen molar-refractivity contribution in [2.24, 2.45) is 11.8 Å². The average molecular weight is 180 g/mol. The molecule has 2 rings (SSSR count). The van der Waals surface area contributed by atoms with E-state index in [4.69, 9.17) is 4.74 Å². The standard InChI is InChI=1S/C11H16O2/c1-8-4-2-5-9(8)11(12)10-6-3-7-13-10/h6,8-9H,2-5,7H2,1H3. The number of hydrogen-bond donors (Lipinski definition) is 0. The molecule has 0 amide bonds. The fourth-order valence-corrected chi connectivity index (χ4v) is 2.31. The molecule has 2 unspecified atom stereocenters. The van der Waals surface area contributed by atoms with Gasteiger partial charge in [-0.05, 0) is 24.8 Å². The number of rotatable bonds is 2. The molecular weight excluding hydrogens is 164 g/mol. The molecule has 2 heteroatoms. The Bertz CT molecular complexity index is 242. The van der Waals surface area contributed by atoms with Crippen molar-refractivity contribution in [2.45, 2.75) is 32.6 Å². The van der Waals surface area contributed by atoms with Crippen LogP contribution in [0.4, 0.5) is 0 Å². The number of Topliss-reactive ketones (excluding diaryl/α,β-unsaturated/α-hetero) is 1. The Balaban J connectivity index is 2.03. The first-order valence-electron chi connectivity index (χ1n) is 5.16. The van der Waals surface area contributed by atoms with Gasteiger partial charge in [0.05, 0.1) is 6.61 Å². The monoisotopic (exact) mass is 180 g/mol. The summed E-state index contributed by atoms with van der Waals surface area (Å²) in [6, 6.07) is 0. The van der Waals surface area contributed by atoms with Crippen molar-refractivity contribution in [1.29, 1.82) is 0 Å². The van der Waals surface area contributed by atoms with Crippen LogP contribution in [0.2, 0.25) is 0 Å². The van der Waals surface area contributed by atoms with Crippen LogP contribution in [0.3, 0.4) is 0 Å². The fourth-order valence-electron chi connectivity index (χ4n) is 2.31. The summed E-state index contributed by atoms with van der Waals surface area (Å²) in [5.74, 6) is 1.68. The molecule has 2 aliphatic rings. The number of allylic oxidation sites excluding steroid dienone is 1. The molecule has 1 aliphatic heterocycles. The van der Waals surface area contributed by atoms with E-state index >= 15 is 0 Å². The molecule has 0 radical (unpaired) electrons. The van der Waals surface area contributed by atoms with Crippen LogP contribution in [-0.4, -0.2) is 12.4 Å². The van der Waals surface area contributed by atoms with E-state index < -0.39 is 0 Å². The lowest BCUT2D eigenvalue weighted by atomic mass is 9.92. The lowest BCUT2D eigenvalue weighted by Crippen LogP contribution is -2.19. The van der Waals surface area contributed by atoms with Crippen molar-refractivity contribution >= 4 is 5.78 Å². The Labute approximate surface area is 79.0 Å². The zero-order chi connectivity index (χ0) is 9.26. The molecule has 1 aliphatic carbocycles. The van der Waals surface area contributed by atoms with E-state index in [1.54, 1.807) is 0 Å². The third kappa shape index (κ3) is 1.62. The third-order valence-electron chi connectivity index (χ3n) is 3.15. The van der Waals surface area contributed by atoms with Gasteiger partial charge < -0.3 is 4.74 Å². The quantitative estimate of drug-likeness (QED) is 0.651. The van der Waals surface area contributed by atoms with E-state index in [1.807, 2.05) is 6.08 Å². The van der Waals surface area contributed by atoms with Crippen LogP contribution in [-0.2, 0) is 9.53 Å². The van der Waals surface area contributed by atoms with Gasteiger partial charge in [-0.2, -0.15) is 0 Å². The third-order valence-corrected chi connectivity index (χ3v) is 3.15. The molecule has 0 aromatic rings. The predicted molar refractivity (Wildman–Crippen MR) is 50.2 cm³/mol. The molecule has 13 heavy (non-hydrogen) atoms. The molecule has 0 N–H and O–H groups in total. The number of hydrogen-bond acceptors (Lipinski definition) is 2. The minimum absolute atomic E-state index is 0.240. The van der Waals surface area contributed by atoms with E-state index in [0.29, 0.717) is 18.3 Å². The summed E-state index contributed by atoms with van der Waals surface area (Å²) in [6.45, 7) is 2.87. The second kappa shape index (κ2) is 3.52. The summed E-state index contributed by atoms with van der Waals surface area (Å²) < 4.78 is 5.29. The first kappa shape index (κ1) is 8.79. The molecule has 0 saturated heterocycles. The van der Waals surface area contributed by atoms with Crippen LogP contribution in [0.15, 0.2) is 11.8 Å². The maximum Gasteiger partial charge on any atom is 0.200 e. The predicted octanol–water partition coefficient (Wildman–Crippen LogP) is 2.30. The van der Waals surface area contributed by atoms with Crippen LogP contribution in [0, 0.1) is 11.8 Å². The summed E-state index contributed by atoms with van der Waals surface area (Å²) >= 11 is 0. The average Bonchev–Trinajstić information content (AvgIpc) is 2.72. The molecular formula is C11H16O2. The van der Waals surface area contributed by atoms with Gasteiger partial charge in [0.2, 0.25) is 0 Å². The topological polar surface area (TPSA) is 26.3 Å². The van der Waals surface area contributed by atoms with Crippen molar-refractivity contribution in [1.82, 2.24) is 0 Å². The SMILES string of the molecule is CC1CCCC1C(=O)C1=CCCO1. The zero-order valence-corrected chi connectivity index (χ0v) is 8.08. The van der Waals surface area contributed by atoms with Crippen molar-refractivity contribution in [3.8, 4) is 0 Å². The van der Waals surface area contributed by atoms with Gasteiger partial charge in [0, 0.05) is 12.3 Å². The highest BCUT2D eigenvalue weighted by Gasteiger charge is 2.32. The largest absolute Gasteiger partial charge is 0.490 e. The lowest BCUT2D eigenvalue weighted by molar-refractivity contribution is -0.123. The summed E-state index contributed by atoms with van der Waals surface area (Å²) in [6.07, 6.45) is 6.30. The first-order valence-corrected chi connectivity index (χ1v) is 5.16. The lowest BCUT2D eigenvalue weighted by Gasteiger charge is -2.13. The second-order valence-electron chi connectivity index (χ2n) is 4.08. The summed E-state index contributed by atoms with van der Waals surface area (Å²) in [5.41, 5.74) is 0. The number of ketones is 1. The van der Waals surface area contributed by atoms with Gasteiger partial charge in [0.15, 0.2) is 11.5 Å². The minimum atomic E-state index is 0.240. The normalized spacial score (nSPS) is 32.8. The van der Waals surface area contributed by atoms with Gasteiger partial charge in [-0.25, -0.2) is 0 Å². The number of ether oxygens (including phenoxy) is 1. The molecule has 0 bridgehead atoms. The maximum atomic E-state index is 11.9. The summed E-state index contributed by atoms with van der Waals surface area (Å²) in [5, 5.41) is 0. The van der Waals surface area contributed by atoms with Crippen molar-refractivity contribution in [3.63, 3.8) is 0 Å². The van der Waals surface area contributed by atoms with E-state index in [9.17, 15) is 4.79 Å². The molecule has 1 fully saturated rings. The highest BCUT2D eigenvalue weighted by Crippen LogP contribution is 2.34. The molecule has 72 valence electrons. The Morgan fingerprint density at radius 2 is 2.38 bits per heavy atom. The Morgan fingerprint density at radius 3 is 2.92 bits per heavy atom. The maximum absolute atomic E-state index is 11.9. The van der Waals surface area contributed by atoms with Gasteiger partial charge >= 0.3 is 0 Å². The van der Waals surface area contributed by atoms with Crippen LogP contribution >= 0.6 is 0 Å². The summed E-state index contributed by atoms with van der Waals surface area (Å²) in [4.78, 5) is 11.9. The molecule has 1 saturated carbocycles. The van der Waals surface area contributed by atoms with Crippen LogP contribution < -0.4 is 0 Å². The number of carbonyl (C=O) groups excluding carboxylic acids is 1. The Kier molecular flexibility index (Phi) is 2.38. The van der Waals surface area contributed by atoms with E-state index in [0.717, 1.165) is 12.8 Å². The van der Waals surface area contributed by atoms with Gasteiger partial charge in [0.25, 0.3) is 0 Å². The Morgan fingerprint density at radius 1 is 1.54 bits per heavy atom. The van der Waals surface area contributed by atoms with Crippen molar-refractivity contribution in [2.75, 3.05) is 6.61 Å². The molecule has 0 spiro atoms. The molecule has 0 aromatic heterocycles. The van der Waals surface area contributed by atoms with Gasteiger partial charge in [0.1, 0.15) is 0 Å². The molecule has 2 atom stereocenters. The zero-order valence-electron chi connectivity index (χ0n) is 8.08. The molecule has 2 nitrogen and oxygen atoms in total. The van der Waals surface area contributed by atoms with Gasteiger partial charge in [-0.3, -0.25) is 4.79 Å². The minimum Gasteiger partial charge on any atom is -0.490 e. The van der Waals surface area contributed by atoms with E-state index in [-0.39, 0.29) is 11.7 Å². The smallest absolute Gasteiger partial charge is 0.200 e. The highest BCUT2D eigenvalue weighted by molar-refractivity contribution is 5.95. The summed E-state index contributed by atoms with van der Waals surface area (Å²) in [7, 11) is 0. The van der Waals surface area contributed by atoms with Gasteiger partial charge in [-0.1, -0.05) is 13.3 Å².